The fourth-order valence-electron chi connectivity index (χ4n) is 3.75. The Morgan fingerprint density at radius 3 is 2.82 bits per heavy atom. The number of carbonyl (C=O) groups excluding carboxylic acids is 1. The number of hydrogen-bond donors (Lipinski definition) is 0. The van der Waals surface area contributed by atoms with Crippen LogP contribution in [0.15, 0.2) is 51.0 Å². The van der Waals surface area contributed by atoms with E-state index in [0.717, 1.165) is 31.2 Å². The van der Waals surface area contributed by atoms with E-state index in [1.165, 1.54) is 31.6 Å². The number of para-hydroxylation sites is 1. The summed E-state index contributed by atoms with van der Waals surface area (Å²) in [5, 5.41) is 1.34. The molecule has 0 N–H and O–H groups in total. The summed E-state index contributed by atoms with van der Waals surface area (Å²) in [6.07, 6.45) is 6.93. The summed E-state index contributed by atoms with van der Waals surface area (Å²) >= 11 is 1.45. The standard InChI is InChI=1S/C21H22N2O4S/c1-26-20(25)18-14(11-12-27-18)13-28-21-22-17-10-6-5-9-16(17)19(24)23(21)15-7-3-2-4-8-15/h5-6,9-12,15H,2-4,7-8,13H2,1H3. The van der Waals surface area contributed by atoms with Crippen molar-refractivity contribution >= 4 is 28.6 Å². The molecule has 0 spiro atoms. The Morgan fingerprint density at radius 2 is 2.04 bits per heavy atom. The zero-order valence-corrected chi connectivity index (χ0v) is 16.5. The van der Waals surface area contributed by atoms with Crippen LogP contribution in [0, 0.1) is 0 Å². The molecule has 146 valence electrons. The highest BCUT2D eigenvalue weighted by molar-refractivity contribution is 7.98. The molecule has 0 amide bonds. The molecule has 0 atom stereocenters. The van der Waals surface area contributed by atoms with Crippen LogP contribution in [0.5, 0.6) is 0 Å². The maximum Gasteiger partial charge on any atom is 0.374 e. The van der Waals surface area contributed by atoms with Crippen molar-refractivity contribution in [2.24, 2.45) is 0 Å². The second-order valence-electron chi connectivity index (χ2n) is 6.93. The first kappa shape index (κ1) is 18.8. The van der Waals surface area contributed by atoms with E-state index in [-0.39, 0.29) is 17.4 Å². The van der Waals surface area contributed by atoms with Crippen molar-refractivity contribution in [3.05, 3.63) is 58.3 Å². The third kappa shape index (κ3) is 3.58. The lowest BCUT2D eigenvalue weighted by Crippen LogP contribution is -2.29. The first-order chi connectivity index (χ1) is 13.7. The summed E-state index contributed by atoms with van der Waals surface area (Å²) in [7, 11) is 1.33. The number of benzene rings is 1. The summed E-state index contributed by atoms with van der Waals surface area (Å²) < 4.78 is 11.9. The molecule has 2 aromatic heterocycles. The minimum atomic E-state index is -0.503. The third-order valence-electron chi connectivity index (χ3n) is 5.19. The van der Waals surface area contributed by atoms with E-state index >= 15 is 0 Å². The van der Waals surface area contributed by atoms with Crippen molar-refractivity contribution in [3.8, 4) is 0 Å². The van der Waals surface area contributed by atoms with Gasteiger partial charge in [0.1, 0.15) is 0 Å². The molecule has 4 rings (SSSR count). The topological polar surface area (TPSA) is 74.3 Å². The van der Waals surface area contributed by atoms with Gasteiger partial charge >= 0.3 is 5.97 Å². The average Bonchev–Trinajstić information content (AvgIpc) is 3.21. The zero-order valence-electron chi connectivity index (χ0n) is 15.7. The van der Waals surface area contributed by atoms with Gasteiger partial charge in [0, 0.05) is 17.4 Å². The van der Waals surface area contributed by atoms with Crippen LogP contribution in [0.3, 0.4) is 0 Å². The van der Waals surface area contributed by atoms with Crippen LogP contribution in [0.25, 0.3) is 10.9 Å². The summed E-state index contributed by atoms with van der Waals surface area (Å²) in [5.74, 6) is 0.164. The maximum absolute atomic E-state index is 13.2. The van der Waals surface area contributed by atoms with Crippen LogP contribution < -0.4 is 5.56 Å². The lowest BCUT2D eigenvalue weighted by molar-refractivity contribution is 0.0564. The summed E-state index contributed by atoms with van der Waals surface area (Å²) in [5.41, 5.74) is 1.44. The van der Waals surface area contributed by atoms with E-state index in [4.69, 9.17) is 14.1 Å². The van der Waals surface area contributed by atoms with Crippen molar-refractivity contribution in [3.63, 3.8) is 0 Å². The molecule has 1 aliphatic rings. The number of esters is 1. The lowest BCUT2D eigenvalue weighted by Gasteiger charge is -2.26. The van der Waals surface area contributed by atoms with Crippen LogP contribution in [-0.2, 0) is 10.5 Å². The smallest absolute Gasteiger partial charge is 0.374 e. The molecule has 0 aliphatic heterocycles. The molecule has 1 saturated carbocycles. The molecular weight excluding hydrogens is 376 g/mol. The van der Waals surface area contributed by atoms with E-state index < -0.39 is 5.97 Å². The third-order valence-corrected chi connectivity index (χ3v) is 6.19. The molecule has 1 aromatic carbocycles. The molecule has 0 bridgehead atoms. The van der Waals surface area contributed by atoms with Gasteiger partial charge in [0.2, 0.25) is 5.76 Å². The summed E-state index contributed by atoms with van der Waals surface area (Å²) in [4.78, 5) is 29.9. The van der Waals surface area contributed by atoms with E-state index in [0.29, 0.717) is 21.8 Å². The molecule has 3 aromatic rings. The number of rotatable bonds is 5. The predicted octanol–water partition coefficient (Wildman–Crippen LogP) is 4.57. The fourth-order valence-corrected chi connectivity index (χ4v) is 4.80. The van der Waals surface area contributed by atoms with Crippen molar-refractivity contribution in [1.82, 2.24) is 9.55 Å². The predicted molar refractivity (Wildman–Crippen MR) is 108 cm³/mol. The molecule has 7 heteroatoms. The minimum Gasteiger partial charge on any atom is -0.463 e. The summed E-state index contributed by atoms with van der Waals surface area (Å²) in [6, 6.07) is 9.39. The number of fused-ring (bicyclic) bond motifs is 1. The van der Waals surface area contributed by atoms with Crippen LogP contribution in [0.2, 0.25) is 0 Å². The number of ether oxygens (including phenoxy) is 1. The molecule has 28 heavy (non-hydrogen) atoms. The largest absolute Gasteiger partial charge is 0.463 e. The zero-order chi connectivity index (χ0) is 19.5. The number of carbonyl (C=O) groups is 1. The summed E-state index contributed by atoms with van der Waals surface area (Å²) in [6.45, 7) is 0. The van der Waals surface area contributed by atoms with Gasteiger partial charge in [0.25, 0.3) is 5.56 Å². The number of methoxy groups -OCH3 is 1. The van der Waals surface area contributed by atoms with Crippen LogP contribution in [0.1, 0.15) is 54.3 Å². The molecule has 0 saturated heterocycles. The molecule has 0 unspecified atom stereocenters. The van der Waals surface area contributed by atoms with Crippen molar-refractivity contribution < 1.29 is 13.9 Å². The average molecular weight is 398 g/mol. The Hall–Kier alpha value is -2.54. The highest BCUT2D eigenvalue weighted by atomic mass is 32.2. The number of furan rings is 1. The number of thioether (sulfide) groups is 1. The van der Waals surface area contributed by atoms with Crippen LogP contribution >= 0.6 is 11.8 Å². The Morgan fingerprint density at radius 1 is 1.25 bits per heavy atom. The lowest BCUT2D eigenvalue weighted by atomic mass is 9.95. The minimum absolute atomic E-state index is 0.0142. The SMILES string of the molecule is COC(=O)c1occc1CSc1nc2ccccc2c(=O)n1C1CCCCC1. The monoisotopic (exact) mass is 398 g/mol. The highest BCUT2D eigenvalue weighted by Crippen LogP contribution is 2.32. The van der Waals surface area contributed by atoms with Crippen molar-refractivity contribution in [1.29, 1.82) is 0 Å². The van der Waals surface area contributed by atoms with Gasteiger partial charge in [-0.25, -0.2) is 9.78 Å². The van der Waals surface area contributed by atoms with Gasteiger partial charge in [0.05, 0.1) is 24.3 Å². The first-order valence-corrected chi connectivity index (χ1v) is 10.5. The fraction of sp³-hybridized carbons (Fsp3) is 0.381. The molecule has 2 heterocycles. The van der Waals surface area contributed by atoms with Crippen LogP contribution in [0.4, 0.5) is 0 Å². The van der Waals surface area contributed by atoms with E-state index in [2.05, 4.69) is 0 Å². The number of aromatic nitrogens is 2. The van der Waals surface area contributed by atoms with Crippen molar-refractivity contribution in [2.75, 3.05) is 7.11 Å². The van der Waals surface area contributed by atoms with Gasteiger partial charge in [-0.05, 0) is 31.0 Å². The first-order valence-electron chi connectivity index (χ1n) is 9.48. The van der Waals surface area contributed by atoms with E-state index in [9.17, 15) is 9.59 Å². The second-order valence-corrected chi connectivity index (χ2v) is 7.88. The van der Waals surface area contributed by atoms with Gasteiger partial charge in [-0.3, -0.25) is 9.36 Å². The van der Waals surface area contributed by atoms with Gasteiger partial charge in [-0.2, -0.15) is 0 Å². The van der Waals surface area contributed by atoms with Gasteiger partial charge < -0.3 is 9.15 Å². The quantitative estimate of drug-likeness (QED) is 0.356. The Balaban J connectivity index is 1.72. The van der Waals surface area contributed by atoms with Crippen molar-refractivity contribution in [2.45, 2.75) is 49.1 Å². The molecule has 0 radical (unpaired) electrons. The Kier molecular flexibility index (Phi) is 5.52. The van der Waals surface area contributed by atoms with Crippen LogP contribution in [-0.4, -0.2) is 22.6 Å². The highest BCUT2D eigenvalue weighted by Gasteiger charge is 2.23. The number of hydrogen-bond acceptors (Lipinski definition) is 6. The number of nitrogens with zero attached hydrogens (tertiary/aromatic N) is 2. The normalized spacial score (nSPS) is 15.0. The molecule has 1 fully saturated rings. The maximum atomic E-state index is 13.2. The van der Waals surface area contributed by atoms with Gasteiger partial charge in [0.15, 0.2) is 5.16 Å². The molecular formula is C21H22N2O4S. The molecule has 1 aliphatic carbocycles. The Labute approximate surface area is 166 Å². The second kappa shape index (κ2) is 8.22. The molecule has 6 nitrogen and oxygen atoms in total. The van der Waals surface area contributed by atoms with E-state index in [1.807, 2.05) is 28.8 Å². The van der Waals surface area contributed by atoms with E-state index in [1.54, 1.807) is 6.07 Å². The Bertz CT molecular complexity index is 1050. The van der Waals surface area contributed by atoms with Gasteiger partial charge in [-0.1, -0.05) is 43.2 Å². The van der Waals surface area contributed by atoms with Gasteiger partial charge in [-0.15, -0.1) is 0 Å².